The summed E-state index contributed by atoms with van der Waals surface area (Å²) in [4.78, 5) is 34.1. The molecule has 8 rings (SSSR count). The van der Waals surface area contributed by atoms with Gasteiger partial charge in [0, 0.05) is 17.8 Å². The van der Waals surface area contributed by atoms with E-state index >= 15 is 0 Å². The summed E-state index contributed by atoms with van der Waals surface area (Å²) in [6, 6.07) is 3.94. The van der Waals surface area contributed by atoms with Gasteiger partial charge in [0.2, 0.25) is 11.8 Å². The van der Waals surface area contributed by atoms with E-state index < -0.39 is 0 Å². The second kappa shape index (κ2) is 13.0. The normalized spacial score (nSPS) is 43.0. The molecule has 6 saturated carbocycles. The lowest BCUT2D eigenvalue weighted by Gasteiger charge is -2.72. The summed E-state index contributed by atoms with van der Waals surface area (Å²) in [6.07, 6.45) is 16.6. The van der Waals surface area contributed by atoms with E-state index in [2.05, 4.69) is 79.0 Å². The quantitative estimate of drug-likeness (QED) is 0.214. The zero-order valence-electron chi connectivity index (χ0n) is 33.8. The van der Waals surface area contributed by atoms with E-state index in [0.717, 1.165) is 50.0 Å². The van der Waals surface area contributed by atoms with Gasteiger partial charge in [-0.15, -0.1) is 10.2 Å². The molecule has 0 saturated heterocycles. The van der Waals surface area contributed by atoms with Crippen molar-refractivity contribution in [1.82, 2.24) is 15.2 Å². The van der Waals surface area contributed by atoms with Gasteiger partial charge in [-0.25, -0.2) is 0 Å². The van der Waals surface area contributed by atoms with Gasteiger partial charge in [-0.2, -0.15) is 9.59 Å². The van der Waals surface area contributed by atoms with Crippen molar-refractivity contribution in [3.8, 4) is 11.5 Å². The molecule has 288 valence electrons. The average molecular weight is 726 g/mol. The van der Waals surface area contributed by atoms with Gasteiger partial charge in [-0.1, -0.05) is 74.0 Å². The average Bonchev–Trinajstić information content (AvgIpc) is 3.45. The second-order valence-corrected chi connectivity index (χ2v) is 20.2. The third-order valence-electron chi connectivity index (χ3n) is 17.8. The number of fused-ring (bicyclic) bond motifs is 7. The Morgan fingerprint density at radius 3 is 2.28 bits per heavy atom. The smallest absolute Gasteiger partial charge is 0.373 e. The van der Waals surface area contributed by atoms with E-state index in [9.17, 15) is 4.79 Å². The minimum absolute atomic E-state index is 0.00865. The largest absolute Gasteiger partial charge is 0.462 e. The van der Waals surface area contributed by atoms with Crippen LogP contribution in [0.1, 0.15) is 139 Å². The molecule has 0 unspecified atom stereocenters. The fourth-order valence-electron chi connectivity index (χ4n) is 14.9. The topological polar surface area (TPSA) is 112 Å². The maximum atomic E-state index is 13.6. The van der Waals surface area contributed by atoms with Crippen molar-refractivity contribution in [2.24, 2.45) is 68.5 Å². The molecule has 2 heterocycles. The van der Waals surface area contributed by atoms with E-state index in [1.807, 2.05) is 18.3 Å². The van der Waals surface area contributed by atoms with Gasteiger partial charge in [-0.05, 0) is 140 Å². The molecule has 0 radical (unpaired) electrons. The van der Waals surface area contributed by atoms with Crippen LogP contribution in [0.15, 0.2) is 41.1 Å². The maximum Gasteiger partial charge on any atom is 0.373 e. The lowest BCUT2D eigenvalue weighted by Crippen LogP contribution is -2.67. The Morgan fingerprint density at radius 1 is 0.906 bits per heavy atom. The van der Waals surface area contributed by atoms with Crippen molar-refractivity contribution in [2.45, 2.75) is 144 Å². The number of hydrogen-bond donors (Lipinski definition) is 0. The van der Waals surface area contributed by atoms with Gasteiger partial charge < -0.3 is 9.15 Å². The highest BCUT2D eigenvalue weighted by atomic mass is 16.5. The van der Waals surface area contributed by atoms with Gasteiger partial charge in [0.25, 0.3) is 0 Å². The van der Waals surface area contributed by atoms with Crippen LogP contribution in [-0.4, -0.2) is 33.4 Å². The van der Waals surface area contributed by atoms with E-state index in [1.54, 1.807) is 6.20 Å². The van der Waals surface area contributed by atoms with Crippen LogP contribution in [0.2, 0.25) is 0 Å². The molecule has 0 aliphatic heterocycles. The predicted octanol–water partition coefficient (Wildman–Crippen LogP) is 10.1. The standard InChI is InChI=1S/C44H63N3O3.CO2/c1-11-29-35(39(29,4)5)37(48)49-33-18-19-41(8)31(40(33,6)7)17-20-43(10)32(41)15-14-30-34-28(26(2)3)16-21-44(34,23-22-42(30,43)9)38-47-46-36(50-38)27-13-12-24-45-25-27;2-1-3/h12-13,24-25,28-35H,2,11,14-23H2,1,3-10H3;/t28-,29+,30+,31-,32+,33-,34+,35+,41-,42+,43+,44-;/m0./s1. The van der Waals surface area contributed by atoms with E-state index in [0.29, 0.717) is 41.4 Å². The molecule has 0 amide bonds. The number of rotatable bonds is 6. The molecule has 12 atom stereocenters. The highest BCUT2D eigenvalue weighted by Crippen LogP contribution is 2.77. The first-order valence-electron chi connectivity index (χ1n) is 20.6. The van der Waals surface area contributed by atoms with Crippen LogP contribution in [0, 0.1) is 68.5 Å². The molecule has 2 aromatic rings. The van der Waals surface area contributed by atoms with Crippen LogP contribution in [0.3, 0.4) is 0 Å². The molecule has 6 aliphatic rings. The van der Waals surface area contributed by atoms with Crippen molar-refractivity contribution in [3.63, 3.8) is 0 Å². The van der Waals surface area contributed by atoms with E-state index in [-0.39, 0.29) is 56.6 Å². The zero-order chi connectivity index (χ0) is 38.4. The molecule has 0 N–H and O–H groups in total. The van der Waals surface area contributed by atoms with Crippen molar-refractivity contribution < 1.29 is 23.5 Å². The molecule has 0 spiro atoms. The Labute approximate surface area is 317 Å². The first-order chi connectivity index (χ1) is 25.0. The Kier molecular flexibility index (Phi) is 9.35. The molecular weight excluding hydrogens is 663 g/mol. The Morgan fingerprint density at radius 2 is 1.64 bits per heavy atom. The van der Waals surface area contributed by atoms with Crippen LogP contribution in [-0.2, 0) is 24.5 Å². The van der Waals surface area contributed by atoms with Crippen LogP contribution < -0.4 is 0 Å². The van der Waals surface area contributed by atoms with Gasteiger partial charge in [-0.3, -0.25) is 9.78 Å². The number of carbonyl (C=O) groups is 1. The summed E-state index contributed by atoms with van der Waals surface area (Å²) < 4.78 is 13.2. The number of hydrogen-bond acceptors (Lipinski definition) is 8. The number of aromatic nitrogens is 3. The molecule has 6 aliphatic carbocycles. The fraction of sp³-hybridized carbons (Fsp3) is 0.756. The maximum absolute atomic E-state index is 13.6. The van der Waals surface area contributed by atoms with Crippen molar-refractivity contribution in [2.75, 3.05) is 0 Å². The Balaban J connectivity index is 0.00000140. The van der Waals surface area contributed by atoms with Crippen molar-refractivity contribution in [3.05, 3.63) is 42.6 Å². The number of ether oxygens (including phenoxy) is 1. The van der Waals surface area contributed by atoms with Gasteiger partial charge in [0.1, 0.15) is 6.10 Å². The SMILES string of the molecule is C=C(C)[C@@H]1CC[C@]2(c3nnc(-c4cccnc4)o3)CC[C@]3(C)[C@H](CC[C@@H]4[C@@]5(C)CC[C@H](OC(=O)[C@H]6[C@@H](CC)C6(C)C)C(C)(C)[C@@H]5CC[C@]43C)[C@@H]12.O=C=O. The summed E-state index contributed by atoms with van der Waals surface area (Å²) in [5.41, 5.74) is 2.87. The molecule has 0 aromatic carbocycles. The molecule has 53 heavy (non-hydrogen) atoms. The number of allylic oxidation sites excluding steroid dienone is 1. The second-order valence-electron chi connectivity index (χ2n) is 20.2. The molecule has 6 fully saturated rings. The molecule has 0 bridgehead atoms. The van der Waals surface area contributed by atoms with Crippen LogP contribution in [0.4, 0.5) is 0 Å². The van der Waals surface area contributed by atoms with E-state index in [1.165, 1.54) is 37.7 Å². The number of nitrogens with zero attached hydrogens (tertiary/aromatic N) is 3. The van der Waals surface area contributed by atoms with Crippen LogP contribution in [0.5, 0.6) is 0 Å². The number of esters is 1. The van der Waals surface area contributed by atoms with Gasteiger partial charge in [0.05, 0.1) is 16.9 Å². The lowest BCUT2D eigenvalue weighted by atomic mass is 9.32. The summed E-state index contributed by atoms with van der Waals surface area (Å²) in [7, 11) is 0. The fourth-order valence-corrected chi connectivity index (χ4v) is 14.9. The van der Waals surface area contributed by atoms with Gasteiger partial charge >= 0.3 is 12.1 Å². The summed E-state index contributed by atoms with van der Waals surface area (Å²) in [6.45, 7) is 26.5. The lowest BCUT2D eigenvalue weighted by molar-refractivity contribution is -0.246. The van der Waals surface area contributed by atoms with Crippen LogP contribution in [0.25, 0.3) is 11.5 Å². The third kappa shape index (κ3) is 5.41. The monoisotopic (exact) mass is 725 g/mol. The first kappa shape index (κ1) is 38.2. The summed E-state index contributed by atoms with van der Waals surface area (Å²) in [5.74, 6) is 4.78. The highest BCUT2D eigenvalue weighted by molar-refractivity contribution is 5.77. The summed E-state index contributed by atoms with van der Waals surface area (Å²) >= 11 is 0. The number of carbonyl (C=O) groups excluding carboxylic acids is 3. The zero-order valence-corrected chi connectivity index (χ0v) is 33.8. The highest BCUT2D eigenvalue weighted by Gasteiger charge is 2.72. The Hall–Kier alpha value is -3.12. The molecule has 2 aromatic heterocycles. The van der Waals surface area contributed by atoms with Crippen molar-refractivity contribution >= 4 is 12.1 Å². The molecule has 8 heteroatoms. The van der Waals surface area contributed by atoms with Crippen LogP contribution >= 0.6 is 0 Å². The number of pyridine rings is 1. The van der Waals surface area contributed by atoms with Gasteiger partial charge in [0.15, 0.2) is 0 Å². The first-order valence-corrected chi connectivity index (χ1v) is 20.6. The molecule has 8 nitrogen and oxygen atoms in total. The molecular formula is C45H63N3O5. The van der Waals surface area contributed by atoms with E-state index in [4.69, 9.17) is 23.8 Å². The minimum atomic E-state index is -0.0949. The predicted molar refractivity (Wildman–Crippen MR) is 202 cm³/mol. The third-order valence-corrected chi connectivity index (χ3v) is 17.8. The minimum Gasteiger partial charge on any atom is -0.462 e. The summed E-state index contributed by atoms with van der Waals surface area (Å²) in [5, 5.41) is 9.43. The van der Waals surface area contributed by atoms with Crippen molar-refractivity contribution in [1.29, 1.82) is 0 Å². The Bertz CT molecular complexity index is 1760.